The lowest BCUT2D eigenvalue weighted by Crippen LogP contribution is -1.80. The molecule has 4 heteroatoms. The van der Waals surface area contributed by atoms with Gasteiger partial charge in [0, 0.05) is 10.1 Å². The van der Waals surface area contributed by atoms with E-state index in [1.165, 1.54) is 11.3 Å². The van der Waals surface area contributed by atoms with Gasteiger partial charge in [0.15, 0.2) is 5.82 Å². The summed E-state index contributed by atoms with van der Waals surface area (Å²) in [6, 6.07) is 5.22. The lowest BCUT2D eigenvalue weighted by molar-refractivity contribution is 0.282. The Labute approximate surface area is 86.9 Å². The van der Waals surface area contributed by atoms with Crippen molar-refractivity contribution in [1.29, 1.82) is 0 Å². The molecule has 0 spiro atoms. The van der Waals surface area contributed by atoms with Crippen LogP contribution in [0.15, 0.2) is 22.0 Å². The summed E-state index contributed by atoms with van der Waals surface area (Å²) in [6.07, 6.45) is 0. The quantitative estimate of drug-likeness (QED) is 0.835. The minimum Gasteiger partial charge on any atom is -0.392 e. The second-order valence-electron chi connectivity index (χ2n) is 2.68. The smallest absolute Gasteiger partial charge is 0.156 e. The van der Waals surface area contributed by atoms with Crippen molar-refractivity contribution < 1.29 is 9.50 Å². The van der Waals surface area contributed by atoms with Crippen LogP contribution < -0.4 is 0 Å². The molecule has 0 unspecified atom stereocenters. The number of benzene rings is 1. The molecule has 0 radical (unpaired) electrons. The maximum Gasteiger partial charge on any atom is 0.156 e. The molecule has 0 aliphatic rings. The predicted molar refractivity (Wildman–Crippen MR) is 55.4 cm³/mol. The average Bonchev–Trinajstić information content (AvgIpc) is 2.42. The van der Waals surface area contributed by atoms with Crippen molar-refractivity contribution in [2.45, 2.75) is 6.61 Å². The van der Waals surface area contributed by atoms with Crippen LogP contribution in [0.4, 0.5) is 4.39 Å². The Balaban J connectivity index is 2.73. The second-order valence-corrected chi connectivity index (χ2v) is 5.05. The van der Waals surface area contributed by atoms with E-state index in [4.69, 9.17) is 5.11 Å². The predicted octanol–water partition coefficient (Wildman–Crippen LogP) is 3.30. The lowest BCUT2D eigenvalue weighted by Gasteiger charge is -1.94. The number of hydrogen-bond donors (Lipinski definition) is 1. The number of aliphatic hydroxyl groups is 1. The Morgan fingerprint density at radius 1 is 1.46 bits per heavy atom. The molecule has 1 nitrogen and oxygen atoms in total. The molecule has 68 valence electrons. The minimum atomic E-state index is -0.218. The van der Waals surface area contributed by atoms with Crippen LogP contribution in [0.3, 0.4) is 0 Å². The normalized spacial score (nSPS) is 11.0. The molecule has 0 saturated carbocycles. The summed E-state index contributed by atoms with van der Waals surface area (Å²) < 4.78 is 14.7. The van der Waals surface area contributed by atoms with Crippen LogP contribution in [0, 0.1) is 5.82 Å². The highest BCUT2D eigenvalue weighted by Gasteiger charge is 2.09. The highest BCUT2D eigenvalue weighted by molar-refractivity contribution is 9.11. The molecular formula is C9H6BrFOS. The number of hydrogen-bond acceptors (Lipinski definition) is 2. The van der Waals surface area contributed by atoms with Gasteiger partial charge < -0.3 is 5.11 Å². The summed E-state index contributed by atoms with van der Waals surface area (Å²) in [6.45, 7) is -0.00687. The fourth-order valence-corrected chi connectivity index (χ4v) is 2.79. The van der Waals surface area contributed by atoms with Gasteiger partial charge in [0.1, 0.15) is 3.79 Å². The summed E-state index contributed by atoms with van der Waals surface area (Å²) in [4.78, 5) is 0. The second kappa shape index (κ2) is 3.36. The fourth-order valence-electron chi connectivity index (χ4n) is 1.18. The van der Waals surface area contributed by atoms with Crippen molar-refractivity contribution >= 4 is 37.4 Å². The van der Waals surface area contributed by atoms with Gasteiger partial charge in [0.2, 0.25) is 0 Å². The third kappa shape index (κ3) is 1.49. The first kappa shape index (κ1) is 9.12. The largest absolute Gasteiger partial charge is 0.392 e. The lowest BCUT2D eigenvalue weighted by atomic mass is 10.2. The first-order valence-corrected chi connectivity index (χ1v) is 5.30. The van der Waals surface area contributed by atoms with Gasteiger partial charge in [0.05, 0.1) is 6.61 Å². The Kier molecular flexibility index (Phi) is 2.36. The van der Waals surface area contributed by atoms with Gasteiger partial charge in [-0.15, -0.1) is 11.3 Å². The van der Waals surface area contributed by atoms with E-state index < -0.39 is 0 Å². The minimum absolute atomic E-state index is 0.00687. The zero-order valence-corrected chi connectivity index (χ0v) is 8.95. The molecule has 1 aromatic carbocycles. The van der Waals surface area contributed by atoms with Crippen LogP contribution in [0.5, 0.6) is 0 Å². The van der Waals surface area contributed by atoms with E-state index in [2.05, 4.69) is 15.9 Å². The van der Waals surface area contributed by atoms with Crippen molar-refractivity contribution in [2.75, 3.05) is 0 Å². The number of rotatable bonds is 1. The summed E-state index contributed by atoms with van der Waals surface area (Å²) in [5.41, 5.74) is 0.807. The Morgan fingerprint density at radius 2 is 2.23 bits per heavy atom. The molecule has 0 fully saturated rings. The van der Waals surface area contributed by atoms with E-state index >= 15 is 0 Å². The molecule has 1 aromatic heterocycles. The molecule has 2 aromatic rings. The third-order valence-corrected chi connectivity index (χ3v) is 3.59. The first-order chi connectivity index (χ1) is 6.22. The van der Waals surface area contributed by atoms with Gasteiger partial charge in [-0.1, -0.05) is 12.1 Å². The van der Waals surface area contributed by atoms with Crippen LogP contribution >= 0.6 is 27.3 Å². The maximum atomic E-state index is 13.3. The van der Waals surface area contributed by atoms with E-state index in [0.717, 1.165) is 10.3 Å². The van der Waals surface area contributed by atoms with Crippen molar-refractivity contribution in [3.8, 4) is 0 Å². The third-order valence-electron chi connectivity index (χ3n) is 1.84. The molecule has 0 saturated heterocycles. The summed E-state index contributed by atoms with van der Waals surface area (Å²) >= 11 is 4.47. The van der Waals surface area contributed by atoms with Gasteiger partial charge in [0.25, 0.3) is 0 Å². The van der Waals surface area contributed by atoms with E-state index in [1.54, 1.807) is 18.2 Å². The Morgan fingerprint density at radius 3 is 2.92 bits per heavy atom. The van der Waals surface area contributed by atoms with E-state index in [1.807, 2.05) is 0 Å². The van der Waals surface area contributed by atoms with Crippen molar-refractivity contribution in [1.82, 2.24) is 0 Å². The molecular weight excluding hydrogens is 255 g/mol. The van der Waals surface area contributed by atoms with Gasteiger partial charge in [-0.2, -0.15) is 0 Å². The highest BCUT2D eigenvalue weighted by Crippen LogP contribution is 2.34. The molecule has 0 aliphatic carbocycles. The van der Waals surface area contributed by atoms with E-state index in [0.29, 0.717) is 9.17 Å². The molecule has 13 heavy (non-hydrogen) atoms. The van der Waals surface area contributed by atoms with Gasteiger partial charge in [-0.05, 0) is 27.6 Å². The molecule has 2 rings (SSSR count). The molecule has 1 heterocycles. The van der Waals surface area contributed by atoms with Gasteiger partial charge in [-0.3, -0.25) is 0 Å². The Hall–Kier alpha value is -0.450. The number of thiophene rings is 1. The molecule has 0 atom stereocenters. The van der Waals surface area contributed by atoms with Crippen LogP contribution in [-0.2, 0) is 6.61 Å². The van der Waals surface area contributed by atoms with Crippen molar-refractivity contribution in [2.24, 2.45) is 0 Å². The number of halogens is 2. The van der Waals surface area contributed by atoms with Crippen LogP contribution in [-0.4, -0.2) is 5.11 Å². The monoisotopic (exact) mass is 260 g/mol. The van der Waals surface area contributed by atoms with Crippen LogP contribution in [0.25, 0.3) is 10.1 Å². The van der Waals surface area contributed by atoms with Crippen molar-refractivity contribution in [3.63, 3.8) is 0 Å². The fraction of sp³-hybridized carbons (Fsp3) is 0.111. The zero-order valence-electron chi connectivity index (χ0n) is 6.55. The van der Waals surface area contributed by atoms with E-state index in [9.17, 15) is 4.39 Å². The molecule has 1 N–H and O–H groups in total. The summed E-state index contributed by atoms with van der Waals surface area (Å²) in [5, 5.41) is 9.48. The van der Waals surface area contributed by atoms with Crippen LogP contribution in [0.2, 0.25) is 0 Å². The number of aliphatic hydroxyl groups excluding tert-OH is 1. The van der Waals surface area contributed by atoms with Gasteiger partial charge >= 0.3 is 0 Å². The zero-order chi connectivity index (χ0) is 9.42. The summed E-state index contributed by atoms with van der Waals surface area (Å²) in [7, 11) is 0. The van der Waals surface area contributed by atoms with E-state index in [-0.39, 0.29) is 12.4 Å². The Bertz CT molecular complexity index is 452. The molecule has 0 amide bonds. The first-order valence-electron chi connectivity index (χ1n) is 3.69. The molecule has 0 aliphatic heterocycles. The van der Waals surface area contributed by atoms with Crippen LogP contribution in [0.1, 0.15) is 5.56 Å². The SMILES string of the molecule is OCc1ccc2c(F)c(Br)sc2c1. The number of fused-ring (bicyclic) bond motifs is 1. The maximum absolute atomic E-state index is 13.3. The standard InChI is InChI=1S/C9H6BrFOS/c10-9-8(11)6-2-1-5(4-12)3-7(6)13-9/h1-3,12H,4H2. The average molecular weight is 261 g/mol. The van der Waals surface area contributed by atoms with Gasteiger partial charge in [-0.25, -0.2) is 4.39 Å². The highest BCUT2D eigenvalue weighted by atomic mass is 79.9. The topological polar surface area (TPSA) is 20.2 Å². The summed E-state index contributed by atoms with van der Waals surface area (Å²) in [5.74, 6) is -0.218. The van der Waals surface area contributed by atoms with Crippen molar-refractivity contribution in [3.05, 3.63) is 33.4 Å². The molecule has 0 bridgehead atoms.